The highest BCUT2D eigenvalue weighted by atomic mass is 35.5. The number of aryl methyl sites for hydroxylation is 2. The van der Waals surface area contributed by atoms with Gasteiger partial charge in [0.25, 0.3) is 0 Å². The molecular weight excluding hydrogens is 274 g/mol. The third-order valence-corrected chi connectivity index (χ3v) is 3.69. The van der Waals surface area contributed by atoms with Gasteiger partial charge >= 0.3 is 0 Å². The number of aromatic nitrogens is 2. The van der Waals surface area contributed by atoms with Gasteiger partial charge in [0.05, 0.1) is 5.69 Å². The first-order chi connectivity index (χ1) is 9.58. The smallest absolute Gasteiger partial charge is 0.220 e. The van der Waals surface area contributed by atoms with Crippen LogP contribution in [0.2, 0.25) is 5.02 Å². The van der Waals surface area contributed by atoms with Gasteiger partial charge in [-0.15, -0.1) is 0 Å². The molecule has 2 N–H and O–H groups in total. The van der Waals surface area contributed by atoms with Crippen molar-refractivity contribution in [3.63, 3.8) is 0 Å². The van der Waals surface area contributed by atoms with Crippen LogP contribution in [0.1, 0.15) is 28.9 Å². The number of nitrogens with zero attached hydrogens (tertiary/aromatic N) is 1. The van der Waals surface area contributed by atoms with E-state index in [9.17, 15) is 4.79 Å². The Kier molecular flexibility index (Phi) is 4.79. The minimum atomic E-state index is 0.0184. The molecule has 0 saturated carbocycles. The van der Waals surface area contributed by atoms with Gasteiger partial charge in [-0.3, -0.25) is 9.89 Å². The second-order valence-electron chi connectivity index (χ2n) is 4.78. The summed E-state index contributed by atoms with van der Waals surface area (Å²) < 4.78 is 0. The van der Waals surface area contributed by atoms with Crippen LogP contribution in [-0.4, -0.2) is 16.1 Å². The van der Waals surface area contributed by atoms with E-state index in [1.165, 1.54) is 0 Å². The fourth-order valence-corrected chi connectivity index (χ4v) is 2.31. The van der Waals surface area contributed by atoms with Crippen LogP contribution >= 0.6 is 11.6 Å². The van der Waals surface area contributed by atoms with E-state index in [0.29, 0.717) is 24.4 Å². The summed E-state index contributed by atoms with van der Waals surface area (Å²) in [5.41, 5.74) is 4.04. The van der Waals surface area contributed by atoms with Crippen LogP contribution in [0.3, 0.4) is 0 Å². The van der Waals surface area contributed by atoms with Crippen molar-refractivity contribution in [3.05, 3.63) is 51.8 Å². The van der Waals surface area contributed by atoms with Gasteiger partial charge in [0.2, 0.25) is 5.91 Å². The van der Waals surface area contributed by atoms with Crippen LogP contribution in [0.5, 0.6) is 0 Å². The summed E-state index contributed by atoms with van der Waals surface area (Å²) in [6.45, 7) is 4.37. The molecule has 1 aromatic heterocycles. The van der Waals surface area contributed by atoms with Crippen LogP contribution in [0.15, 0.2) is 24.3 Å². The van der Waals surface area contributed by atoms with Crippen molar-refractivity contribution in [2.75, 3.05) is 0 Å². The second kappa shape index (κ2) is 6.57. The van der Waals surface area contributed by atoms with E-state index >= 15 is 0 Å². The van der Waals surface area contributed by atoms with Gasteiger partial charge in [0.1, 0.15) is 0 Å². The molecule has 0 radical (unpaired) electrons. The Morgan fingerprint density at radius 1 is 1.35 bits per heavy atom. The van der Waals surface area contributed by atoms with Crippen molar-refractivity contribution in [1.82, 2.24) is 15.5 Å². The molecule has 0 unspecified atom stereocenters. The van der Waals surface area contributed by atoms with E-state index in [0.717, 1.165) is 22.5 Å². The van der Waals surface area contributed by atoms with Gasteiger partial charge in [-0.2, -0.15) is 5.10 Å². The van der Waals surface area contributed by atoms with E-state index in [1.54, 1.807) is 0 Å². The summed E-state index contributed by atoms with van der Waals surface area (Å²) in [7, 11) is 0. The average Bonchev–Trinajstić information content (AvgIpc) is 2.75. The largest absolute Gasteiger partial charge is 0.352 e. The number of halogens is 1. The third kappa shape index (κ3) is 3.61. The number of H-pyrrole nitrogens is 1. The predicted molar refractivity (Wildman–Crippen MR) is 79.7 cm³/mol. The molecule has 0 aliphatic carbocycles. The van der Waals surface area contributed by atoms with E-state index < -0.39 is 0 Å². The van der Waals surface area contributed by atoms with Gasteiger partial charge in [0.15, 0.2) is 0 Å². The molecule has 4 nitrogen and oxygen atoms in total. The highest BCUT2D eigenvalue weighted by molar-refractivity contribution is 6.31. The van der Waals surface area contributed by atoms with E-state index in [4.69, 9.17) is 11.6 Å². The van der Waals surface area contributed by atoms with E-state index in [-0.39, 0.29) is 5.91 Å². The molecule has 1 aromatic carbocycles. The Morgan fingerprint density at radius 2 is 2.10 bits per heavy atom. The molecule has 106 valence electrons. The highest BCUT2D eigenvalue weighted by Crippen LogP contribution is 2.15. The first-order valence-electron chi connectivity index (χ1n) is 6.58. The number of hydrogen-bond donors (Lipinski definition) is 2. The third-order valence-electron chi connectivity index (χ3n) is 3.32. The van der Waals surface area contributed by atoms with Gasteiger partial charge < -0.3 is 5.32 Å². The number of rotatable bonds is 5. The molecule has 2 rings (SSSR count). The lowest BCUT2D eigenvalue weighted by molar-refractivity contribution is -0.121. The van der Waals surface area contributed by atoms with E-state index in [2.05, 4.69) is 15.5 Å². The predicted octanol–water partition coefficient (Wildman–Crippen LogP) is 2.93. The molecule has 1 amide bonds. The molecule has 0 aliphatic heterocycles. The maximum absolute atomic E-state index is 11.9. The zero-order chi connectivity index (χ0) is 14.5. The zero-order valence-corrected chi connectivity index (χ0v) is 12.4. The summed E-state index contributed by atoms with van der Waals surface area (Å²) in [6.07, 6.45) is 1.15. The summed E-state index contributed by atoms with van der Waals surface area (Å²) in [5.74, 6) is 0.0184. The van der Waals surface area contributed by atoms with Gasteiger partial charge in [-0.25, -0.2) is 0 Å². The van der Waals surface area contributed by atoms with Crippen molar-refractivity contribution in [2.45, 2.75) is 33.2 Å². The Hall–Kier alpha value is -1.81. The molecule has 2 aromatic rings. The number of nitrogens with one attached hydrogen (secondary N) is 2. The summed E-state index contributed by atoms with van der Waals surface area (Å²) in [5, 5.41) is 10.6. The standard InChI is InChI=1S/C15H18ClN3O/c1-10-13(11(2)19-18-10)7-8-15(20)17-9-12-5-3-4-6-14(12)16/h3-6H,7-9H2,1-2H3,(H,17,20)(H,18,19). The number of carbonyl (C=O) groups excluding carboxylic acids is 1. The van der Waals surface area contributed by atoms with Gasteiger partial charge in [-0.1, -0.05) is 29.8 Å². The lowest BCUT2D eigenvalue weighted by atomic mass is 10.1. The van der Waals surface area contributed by atoms with Crippen molar-refractivity contribution in [3.8, 4) is 0 Å². The van der Waals surface area contributed by atoms with E-state index in [1.807, 2.05) is 38.1 Å². The van der Waals surface area contributed by atoms with Crippen LogP contribution in [0.25, 0.3) is 0 Å². The average molecular weight is 292 g/mol. The fraction of sp³-hybridized carbons (Fsp3) is 0.333. The molecule has 5 heteroatoms. The molecule has 0 atom stereocenters. The molecule has 0 saturated heterocycles. The molecular formula is C15H18ClN3O. The summed E-state index contributed by atoms with van der Waals surface area (Å²) >= 11 is 6.04. The minimum Gasteiger partial charge on any atom is -0.352 e. The molecule has 20 heavy (non-hydrogen) atoms. The minimum absolute atomic E-state index is 0.0184. The zero-order valence-electron chi connectivity index (χ0n) is 11.7. The maximum Gasteiger partial charge on any atom is 0.220 e. The molecule has 0 aliphatic rings. The van der Waals surface area contributed by atoms with Crippen LogP contribution < -0.4 is 5.32 Å². The van der Waals surface area contributed by atoms with Crippen LogP contribution in [0.4, 0.5) is 0 Å². The normalized spacial score (nSPS) is 10.6. The molecule has 0 fully saturated rings. The van der Waals surface area contributed by atoms with Crippen molar-refractivity contribution in [1.29, 1.82) is 0 Å². The van der Waals surface area contributed by atoms with Crippen molar-refractivity contribution in [2.24, 2.45) is 0 Å². The summed E-state index contributed by atoms with van der Waals surface area (Å²) in [6, 6.07) is 7.51. The quantitative estimate of drug-likeness (QED) is 0.890. The monoisotopic (exact) mass is 291 g/mol. The number of carbonyl (C=O) groups is 1. The van der Waals surface area contributed by atoms with Gasteiger partial charge in [0, 0.05) is 23.7 Å². The Morgan fingerprint density at radius 3 is 2.75 bits per heavy atom. The first kappa shape index (κ1) is 14.6. The lowest BCUT2D eigenvalue weighted by Gasteiger charge is -2.07. The Labute approximate surface area is 123 Å². The molecule has 0 spiro atoms. The summed E-state index contributed by atoms with van der Waals surface area (Å²) in [4.78, 5) is 11.9. The lowest BCUT2D eigenvalue weighted by Crippen LogP contribution is -2.23. The van der Waals surface area contributed by atoms with Crippen LogP contribution in [-0.2, 0) is 17.8 Å². The first-order valence-corrected chi connectivity index (χ1v) is 6.96. The van der Waals surface area contributed by atoms with Crippen molar-refractivity contribution < 1.29 is 4.79 Å². The SMILES string of the molecule is Cc1n[nH]c(C)c1CCC(=O)NCc1ccccc1Cl. The number of aromatic amines is 1. The van der Waals surface area contributed by atoms with Crippen molar-refractivity contribution >= 4 is 17.5 Å². The Bertz CT molecular complexity index is 587. The number of benzene rings is 1. The topological polar surface area (TPSA) is 57.8 Å². The molecule has 0 bridgehead atoms. The second-order valence-corrected chi connectivity index (χ2v) is 5.19. The van der Waals surface area contributed by atoms with Crippen LogP contribution in [0, 0.1) is 13.8 Å². The number of hydrogen-bond acceptors (Lipinski definition) is 2. The van der Waals surface area contributed by atoms with Gasteiger partial charge in [-0.05, 0) is 37.5 Å². The fourth-order valence-electron chi connectivity index (χ4n) is 2.10. The number of amides is 1. The highest BCUT2D eigenvalue weighted by Gasteiger charge is 2.09. The molecule has 1 heterocycles. The Balaban J connectivity index is 1.83. The maximum atomic E-state index is 11.9.